The third kappa shape index (κ3) is 4.17. The van der Waals surface area contributed by atoms with E-state index in [0.717, 1.165) is 11.2 Å². The number of H-pyrrole nitrogens is 2. The Morgan fingerprint density at radius 1 is 1.07 bits per heavy atom. The molecule has 2 amide bonds. The van der Waals surface area contributed by atoms with Crippen LogP contribution in [0.3, 0.4) is 0 Å². The molecule has 2 aromatic carbocycles. The van der Waals surface area contributed by atoms with E-state index in [1.54, 1.807) is 24.3 Å². The zero-order valence-corrected chi connectivity index (χ0v) is 15.0. The second-order valence-electron chi connectivity index (χ2n) is 5.67. The van der Waals surface area contributed by atoms with Crippen LogP contribution in [0.15, 0.2) is 64.3 Å². The molecule has 3 rings (SSSR count). The van der Waals surface area contributed by atoms with E-state index in [1.807, 2.05) is 4.98 Å². The molecule has 0 radical (unpaired) electrons. The van der Waals surface area contributed by atoms with Crippen LogP contribution in [-0.2, 0) is 0 Å². The minimum absolute atomic E-state index is 0.256. The Balaban J connectivity index is 1.74. The highest BCUT2D eigenvalue weighted by molar-refractivity contribution is 6.31. The lowest BCUT2D eigenvalue weighted by molar-refractivity contribution is 0.0985. The molecule has 5 N–H and O–H groups in total. The number of carbonyl (C=O) groups excluding carboxylic acids is 2. The number of nitrogens with one attached hydrogen (secondary N) is 3. The molecule has 3 aromatic rings. The van der Waals surface area contributed by atoms with Gasteiger partial charge in [0.1, 0.15) is 5.56 Å². The van der Waals surface area contributed by atoms with Crippen LogP contribution in [0.25, 0.3) is 0 Å². The molecule has 0 saturated heterocycles. The Kier molecular flexibility index (Phi) is 5.39. The molecule has 0 aliphatic rings. The summed E-state index contributed by atoms with van der Waals surface area (Å²) >= 11 is 5.90. The van der Waals surface area contributed by atoms with E-state index >= 15 is 0 Å². The van der Waals surface area contributed by atoms with Crippen LogP contribution < -0.4 is 27.4 Å². The summed E-state index contributed by atoms with van der Waals surface area (Å²) in [6, 6.07) is 12.4. The van der Waals surface area contributed by atoms with Crippen LogP contribution in [0.2, 0.25) is 5.02 Å². The van der Waals surface area contributed by atoms with Crippen molar-refractivity contribution in [3.8, 4) is 0 Å². The minimum Gasteiger partial charge on any atom is -0.322 e. The van der Waals surface area contributed by atoms with Gasteiger partial charge in [-0.25, -0.2) is 15.6 Å². The molecule has 1 heterocycles. The molecule has 0 fully saturated rings. The predicted octanol–water partition coefficient (Wildman–Crippen LogP) is 1.49. The maximum Gasteiger partial charge on any atom is 0.325 e. The summed E-state index contributed by atoms with van der Waals surface area (Å²) in [5, 5.41) is 3.90. The fourth-order valence-corrected chi connectivity index (χ4v) is 2.54. The van der Waals surface area contributed by atoms with E-state index in [2.05, 4.69) is 10.3 Å². The minimum atomic E-state index is -0.812. The number of nitrogens with zero attached hydrogens (tertiary/aromatic N) is 1. The molecule has 9 nitrogen and oxygen atoms in total. The van der Waals surface area contributed by atoms with Gasteiger partial charge in [0.25, 0.3) is 17.4 Å². The number of amides is 2. The number of rotatable bonds is 4. The monoisotopic (exact) mass is 399 g/mol. The molecular formula is C18H14ClN5O4. The van der Waals surface area contributed by atoms with Gasteiger partial charge in [0, 0.05) is 22.5 Å². The molecule has 0 spiro atoms. The van der Waals surface area contributed by atoms with Gasteiger partial charge >= 0.3 is 5.69 Å². The summed E-state index contributed by atoms with van der Waals surface area (Å²) in [5.74, 6) is 4.66. The number of halogens is 1. The topological polar surface area (TPSA) is 141 Å². The van der Waals surface area contributed by atoms with Crippen LogP contribution in [0.5, 0.6) is 0 Å². The maximum atomic E-state index is 12.5. The lowest BCUT2D eigenvalue weighted by Crippen LogP contribution is -2.37. The quantitative estimate of drug-likeness (QED) is 0.299. The zero-order valence-electron chi connectivity index (χ0n) is 14.2. The standard InChI is InChI=1S/C18H14ClN5O4/c19-11-2-1-3-13(8-11)24(20)17(27)10-4-6-12(7-5-10)22-15(25)14-9-21-18(28)23-16(14)26/h1-9H,20H2,(H,22,25)(H2,21,23,26,28). The number of aromatic amines is 2. The van der Waals surface area contributed by atoms with Gasteiger partial charge in [0.05, 0.1) is 5.69 Å². The summed E-state index contributed by atoms with van der Waals surface area (Å²) < 4.78 is 0. The highest BCUT2D eigenvalue weighted by atomic mass is 35.5. The Labute approximate surface area is 162 Å². The number of benzene rings is 2. The van der Waals surface area contributed by atoms with Crippen molar-refractivity contribution in [2.24, 2.45) is 5.84 Å². The summed E-state index contributed by atoms with van der Waals surface area (Å²) in [6.07, 6.45) is 1.02. The number of carbonyl (C=O) groups is 2. The molecular weight excluding hydrogens is 386 g/mol. The first-order valence-corrected chi connectivity index (χ1v) is 8.31. The number of nitrogens with two attached hydrogens (primary N) is 1. The normalized spacial score (nSPS) is 10.4. The molecule has 0 unspecified atom stereocenters. The van der Waals surface area contributed by atoms with Crippen molar-refractivity contribution in [2.45, 2.75) is 0 Å². The van der Waals surface area contributed by atoms with E-state index in [0.29, 0.717) is 16.4 Å². The number of hydrazine groups is 1. The average molecular weight is 400 g/mol. The Morgan fingerprint density at radius 2 is 1.79 bits per heavy atom. The van der Waals surface area contributed by atoms with E-state index in [-0.39, 0.29) is 11.1 Å². The van der Waals surface area contributed by atoms with Gasteiger partial charge in [-0.3, -0.25) is 19.4 Å². The maximum absolute atomic E-state index is 12.5. The number of hydrogen-bond acceptors (Lipinski definition) is 5. The van der Waals surface area contributed by atoms with Crippen molar-refractivity contribution in [1.82, 2.24) is 9.97 Å². The third-order valence-corrected chi connectivity index (χ3v) is 3.99. The van der Waals surface area contributed by atoms with E-state index in [1.165, 1.54) is 24.3 Å². The van der Waals surface area contributed by atoms with Crippen LogP contribution in [0, 0.1) is 0 Å². The summed E-state index contributed by atoms with van der Waals surface area (Å²) in [5.41, 5.74) is -0.731. The predicted molar refractivity (Wildman–Crippen MR) is 105 cm³/mol. The van der Waals surface area contributed by atoms with Gasteiger partial charge in [-0.2, -0.15) is 0 Å². The number of aromatic nitrogens is 2. The molecule has 0 aliphatic heterocycles. The van der Waals surface area contributed by atoms with Crippen LogP contribution in [0.1, 0.15) is 20.7 Å². The van der Waals surface area contributed by atoms with E-state index in [9.17, 15) is 19.2 Å². The fourth-order valence-electron chi connectivity index (χ4n) is 2.36. The van der Waals surface area contributed by atoms with Gasteiger partial charge in [0.15, 0.2) is 0 Å². The Morgan fingerprint density at radius 3 is 2.43 bits per heavy atom. The summed E-state index contributed by atoms with van der Waals surface area (Å²) in [7, 11) is 0. The Bertz CT molecular complexity index is 1150. The van der Waals surface area contributed by atoms with Crippen LogP contribution >= 0.6 is 11.6 Å². The lowest BCUT2D eigenvalue weighted by Gasteiger charge is -2.17. The second-order valence-corrected chi connectivity index (χ2v) is 6.11. The van der Waals surface area contributed by atoms with Crippen molar-refractivity contribution < 1.29 is 9.59 Å². The largest absolute Gasteiger partial charge is 0.325 e. The van der Waals surface area contributed by atoms with E-state index < -0.39 is 23.1 Å². The average Bonchev–Trinajstić information content (AvgIpc) is 2.67. The molecule has 0 saturated carbocycles. The van der Waals surface area contributed by atoms with Crippen molar-refractivity contribution in [3.05, 3.63) is 91.7 Å². The molecule has 1 aromatic heterocycles. The van der Waals surface area contributed by atoms with Crippen molar-refractivity contribution in [2.75, 3.05) is 10.3 Å². The van der Waals surface area contributed by atoms with Gasteiger partial charge in [0.2, 0.25) is 0 Å². The van der Waals surface area contributed by atoms with Crippen molar-refractivity contribution in [3.63, 3.8) is 0 Å². The van der Waals surface area contributed by atoms with Crippen LogP contribution in [-0.4, -0.2) is 21.8 Å². The van der Waals surface area contributed by atoms with Crippen molar-refractivity contribution in [1.29, 1.82) is 0 Å². The van der Waals surface area contributed by atoms with Gasteiger partial charge < -0.3 is 10.3 Å². The van der Waals surface area contributed by atoms with Gasteiger partial charge in [-0.15, -0.1) is 0 Å². The molecule has 0 aliphatic carbocycles. The highest BCUT2D eigenvalue weighted by Crippen LogP contribution is 2.19. The molecule has 28 heavy (non-hydrogen) atoms. The van der Waals surface area contributed by atoms with Gasteiger partial charge in [-0.1, -0.05) is 17.7 Å². The first-order valence-electron chi connectivity index (χ1n) is 7.93. The number of hydrogen-bond donors (Lipinski definition) is 4. The smallest absolute Gasteiger partial charge is 0.322 e. The Hall–Kier alpha value is -3.69. The van der Waals surface area contributed by atoms with Gasteiger partial charge in [-0.05, 0) is 42.5 Å². The SMILES string of the molecule is NN(C(=O)c1ccc(NC(=O)c2c[nH]c(=O)[nH]c2=O)cc1)c1cccc(Cl)c1. The fraction of sp³-hybridized carbons (Fsp3) is 0. The van der Waals surface area contributed by atoms with Crippen LogP contribution in [0.4, 0.5) is 11.4 Å². The summed E-state index contributed by atoms with van der Waals surface area (Å²) in [4.78, 5) is 51.4. The molecule has 0 atom stereocenters. The van der Waals surface area contributed by atoms with Crippen molar-refractivity contribution >= 4 is 34.8 Å². The zero-order chi connectivity index (χ0) is 20.3. The lowest BCUT2D eigenvalue weighted by atomic mass is 10.1. The third-order valence-electron chi connectivity index (χ3n) is 3.76. The second kappa shape index (κ2) is 7.91. The number of anilines is 2. The molecule has 0 bridgehead atoms. The highest BCUT2D eigenvalue weighted by Gasteiger charge is 2.15. The first kappa shape index (κ1) is 19.1. The first-order chi connectivity index (χ1) is 13.3. The molecule has 10 heteroatoms. The molecule has 142 valence electrons. The van der Waals surface area contributed by atoms with E-state index in [4.69, 9.17) is 17.4 Å². The summed E-state index contributed by atoms with van der Waals surface area (Å²) in [6.45, 7) is 0.